The van der Waals surface area contributed by atoms with Crippen molar-refractivity contribution in [2.24, 2.45) is 5.41 Å². The van der Waals surface area contributed by atoms with Crippen molar-refractivity contribution in [2.75, 3.05) is 18.8 Å². The molecule has 41 heavy (non-hydrogen) atoms. The zero-order chi connectivity index (χ0) is 29.1. The van der Waals surface area contributed by atoms with Crippen LogP contribution in [0, 0.1) is 12.0 Å². The van der Waals surface area contributed by atoms with Crippen LogP contribution in [-0.4, -0.2) is 43.6 Å². The van der Waals surface area contributed by atoms with Crippen LogP contribution < -0.4 is 10.5 Å². The molecule has 0 radical (unpaired) electrons. The van der Waals surface area contributed by atoms with E-state index in [-0.39, 0.29) is 23.1 Å². The topological polar surface area (TPSA) is 104 Å². The van der Waals surface area contributed by atoms with Crippen LogP contribution in [0.2, 0.25) is 0 Å². The number of para-hydroxylation sites is 1. The molecule has 1 aliphatic heterocycles. The lowest BCUT2D eigenvalue weighted by Crippen LogP contribution is -2.41. The van der Waals surface area contributed by atoms with E-state index < -0.39 is 0 Å². The number of piperidine rings is 1. The van der Waals surface area contributed by atoms with E-state index >= 15 is 0 Å². The number of hydrogen-bond donors (Lipinski definition) is 1. The van der Waals surface area contributed by atoms with E-state index in [1.54, 1.807) is 4.90 Å². The number of anilines is 1. The van der Waals surface area contributed by atoms with Gasteiger partial charge >= 0.3 is 0 Å². The van der Waals surface area contributed by atoms with Gasteiger partial charge < -0.3 is 15.4 Å². The molecule has 4 aromatic rings. The van der Waals surface area contributed by atoms with Crippen LogP contribution >= 0.6 is 0 Å². The van der Waals surface area contributed by atoms with E-state index in [4.69, 9.17) is 22.1 Å². The predicted molar refractivity (Wildman–Crippen MR) is 160 cm³/mol. The van der Waals surface area contributed by atoms with Gasteiger partial charge in [-0.25, -0.2) is 19.5 Å². The molecule has 9 heteroatoms. The standard InChI is InChI=1S/C32H35N7O2/c1-6-32(3,4)21(2)27(34-5)31(40)38-18-10-11-23(19-38)39-30-26(29(33)35-20-36-30)28(37-39)22-14-16-25(17-15-22)41-24-12-8-7-9-13-24/h7-9,12-17,20,23H,6,10-11,18-19H2,1-4H3,(H2,33,35,36)/b27-21-/t23-/m1/s1. The van der Waals surface area contributed by atoms with Crippen molar-refractivity contribution >= 4 is 22.8 Å². The van der Waals surface area contributed by atoms with Gasteiger partial charge in [-0.2, -0.15) is 5.10 Å². The van der Waals surface area contributed by atoms with Gasteiger partial charge in [-0.3, -0.25) is 4.79 Å². The summed E-state index contributed by atoms with van der Waals surface area (Å²) >= 11 is 0. The minimum absolute atomic E-state index is 0.120. The number of rotatable bonds is 7. The Hall–Kier alpha value is -4.71. The number of hydrogen-bond acceptors (Lipinski definition) is 6. The summed E-state index contributed by atoms with van der Waals surface area (Å²) in [6.07, 6.45) is 3.90. The summed E-state index contributed by atoms with van der Waals surface area (Å²) in [6, 6.07) is 17.2. The average Bonchev–Trinajstić information content (AvgIpc) is 3.39. The summed E-state index contributed by atoms with van der Waals surface area (Å²) < 4.78 is 7.83. The Kier molecular flexibility index (Phi) is 7.75. The molecule has 0 saturated carbocycles. The number of allylic oxidation sites excluding steroid dienone is 1. The number of carbonyl (C=O) groups excluding carboxylic acids is 1. The Morgan fingerprint density at radius 3 is 2.51 bits per heavy atom. The van der Waals surface area contributed by atoms with Gasteiger partial charge in [0.15, 0.2) is 5.65 Å². The van der Waals surface area contributed by atoms with Crippen molar-refractivity contribution in [2.45, 2.75) is 53.0 Å². The van der Waals surface area contributed by atoms with Gasteiger partial charge in [0.25, 0.3) is 5.91 Å². The van der Waals surface area contributed by atoms with Gasteiger partial charge in [0, 0.05) is 18.7 Å². The van der Waals surface area contributed by atoms with Crippen LogP contribution in [0.5, 0.6) is 11.5 Å². The maximum absolute atomic E-state index is 13.6. The molecule has 1 saturated heterocycles. The molecule has 1 fully saturated rings. The maximum Gasteiger partial charge on any atom is 0.252 e. The summed E-state index contributed by atoms with van der Waals surface area (Å²) in [5, 5.41) is 5.66. The van der Waals surface area contributed by atoms with Gasteiger partial charge in [0.05, 0.1) is 18.0 Å². The number of aromatic nitrogens is 4. The SMILES string of the molecule is [C-]#[N+]/C(C(=O)N1CCC[C@@H](n2nc(-c3ccc(Oc4ccccc4)cc3)c3c(N)ncnc32)C1)=C(/C)C(C)(C)CC. The second-order valence-electron chi connectivity index (χ2n) is 11.1. The highest BCUT2D eigenvalue weighted by Gasteiger charge is 2.32. The van der Waals surface area contributed by atoms with E-state index in [0.29, 0.717) is 41.4 Å². The molecular formula is C32H35N7O2. The molecule has 0 bridgehead atoms. The molecule has 1 amide bonds. The number of nitrogens with two attached hydrogens (primary N) is 1. The fraction of sp³-hybridized carbons (Fsp3) is 0.344. The molecule has 3 heterocycles. The quantitative estimate of drug-likeness (QED) is 0.204. The van der Waals surface area contributed by atoms with E-state index in [2.05, 4.69) is 35.6 Å². The first-order valence-corrected chi connectivity index (χ1v) is 13.9. The first kappa shape index (κ1) is 27.8. The molecule has 2 N–H and O–H groups in total. The summed E-state index contributed by atoms with van der Waals surface area (Å²) in [5.74, 6) is 1.59. The fourth-order valence-corrected chi connectivity index (χ4v) is 5.12. The minimum Gasteiger partial charge on any atom is -0.457 e. The Bertz CT molecular complexity index is 1630. The summed E-state index contributed by atoms with van der Waals surface area (Å²) in [4.78, 5) is 27.8. The van der Waals surface area contributed by atoms with Gasteiger partial charge in [0.2, 0.25) is 5.70 Å². The lowest BCUT2D eigenvalue weighted by atomic mass is 9.81. The minimum atomic E-state index is -0.228. The van der Waals surface area contributed by atoms with Crippen LogP contribution in [0.3, 0.4) is 0 Å². The number of likely N-dealkylation sites (tertiary alicyclic amines) is 1. The molecule has 2 aromatic heterocycles. The molecule has 1 atom stereocenters. The number of nitrogens with zero attached hydrogens (tertiary/aromatic N) is 6. The lowest BCUT2D eigenvalue weighted by molar-refractivity contribution is -0.128. The van der Waals surface area contributed by atoms with E-state index in [1.807, 2.05) is 66.2 Å². The van der Waals surface area contributed by atoms with Crippen LogP contribution in [0.25, 0.3) is 27.1 Å². The van der Waals surface area contributed by atoms with Crippen molar-refractivity contribution in [1.29, 1.82) is 0 Å². The molecule has 0 spiro atoms. The molecule has 9 nitrogen and oxygen atoms in total. The highest BCUT2D eigenvalue weighted by molar-refractivity contribution is 5.98. The molecule has 1 aliphatic rings. The molecule has 0 unspecified atom stereocenters. The van der Waals surface area contributed by atoms with Crippen molar-refractivity contribution in [3.8, 4) is 22.8 Å². The van der Waals surface area contributed by atoms with Gasteiger partial charge in [-0.1, -0.05) is 51.5 Å². The number of carbonyl (C=O) groups is 1. The van der Waals surface area contributed by atoms with Crippen LogP contribution in [0.15, 0.2) is 72.2 Å². The van der Waals surface area contributed by atoms with Crippen LogP contribution in [0.1, 0.15) is 53.0 Å². The number of nitrogen functional groups attached to an aromatic ring is 1. The van der Waals surface area contributed by atoms with Gasteiger partial charge in [-0.15, -0.1) is 0 Å². The average molecular weight is 550 g/mol. The number of ether oxygens (including phenoxy) is 1. The van der Waals surface area contributed by atoms with Crippen molar-refractivity contribution in [1.82, 2.24) is 24.6 Å². The molecule has 0 aliphatic carbocycles. The summed E-state index contributed by atoms with van der Waals surface area (Å²) in [6.45, 7) is 16.9. The molecule has 5 rings (SSSR count). The second-order valence-corrected chi connectivity index (χ2v) is 11.1. The van der Waals surface area contributed by atoms with Crippen molar-refractivity contribution in [3.63, 3.8) is 0 Å². The zero-order valence-corrected chi connectivity index (χ0v) is 24.0. The highest BCUT2D eigenvalue weighted by atomic mass is 16.5. The van der Waals surface area contributed by atoms with Gasteiger partial charge in [0.1, 0.15) is 29.3 Å². The monoisotopic (exact) mass is 549 g/mol. The van der Waals surface area contributed by atoms with E-state index in [9.17, 15) is 4.79 Å². The normalized spacial score (nSPS) is 16.3. The Labute approximate surface area is 240 Å². The Morgan fingerprint density at radius 1 is 1.12 bits per heavy atom. The first-order chi connectivity index (χ1) is 19.7. The molecule has 210 valence electrons. The number of amides is 1. The Morgan fingerprint density at radius 2 is 1.83 bits per heavy atom. The Balaban J connectivity index is 1.46. The third-order valence-corrected chi connectivity index (χ3v) is 8.22. The number of fused-ring (bicyclic) bond motifs is 1. The largest absolute Gasteiger partial charge is 0.457 e. The van der Waals surface area contributed by atoms with Gasteiger partial charge in [-0.05, 0) is 61.1 Å². The summed E-state index contributed by atoms with van der Waals surface area (Å²) in [7, 11) is 0. The fourth-order valence-electron chi connectivity index (χ4n) is 5.12. The predicted octanol–water partition coefficient (Wildman–Crippen LogP) is 6.66. The first-order valence-electron chi connectivity index (χ1n) is 13.9. The smallest absolute Gasteiger partial charge is 0.252 e. The van der Waals surface area contributed by atoms with Crippen molar-refractivity contribution in [3.05, 3.63) is 83.6 Å². The molecular weight excluding hydrogens is 514 g/mol. The summed E-state index contributed by atoms with van der Waals surface area (Å²) in [5.41, 5.74) is 9.33. The van der Waals surface area contributed by atoms with E-state index in [0.717, 1.165) is 36.1 Å². The third kappa shape index (κ3) is 5.50. The molecule has 2 aromatic carbocycles. The highest BCUT2D eigenvalue weighted by Crippen LogP contribution is 2.36. The number of benzene rings is 2. The second kappa shape index (κ2) is 11.4. The third-order valence-electron chi connectivity index (χ3n) is 8.22. The zero-order valence-electron chi connectivity index (χ0n) is 24.0. The van der Waals surface area contributed by atoms with Crippen LogP contribution in [-0.2, 0) is 4.79 Å². The van der Waals surface area contributed by atoms with Crippen LogP contribution in [0.4, 0.5) is 5.82 Å². The van der Waals surface area contributed by atoms with E-state index in [1.165, 1.54) is 6.33 Å². The lowest BCUT2D eigenvalue weighted by Gasteiger charge is -2.34. The van der Waals surface area contributed by atoms with Crippen molar-refractivity contribution < 1.29 is 9.53 Å². The maximum atomic E-state index is 13.6.